The van der Waals surface area contributed by atoms with Crippen LogP contribution in [0.25, 0.3) is 5.78 Å². The summed E-state index contributed by atoms with van der Waals surface area (Å²) in [6.07, 6.45) is 1.53. The quantitative estimate of drug-likeness (QED) is 0.700. The lowest BCUT2D eigenvalue weighted by Gasteiger charge is -1.97. The van der Waals surface area contributed by atoms with Gasteiger partial charge in [-0.15, -0.1) is 5.10 Å². The van der Waals surface area contributed by atoms with Gasteiger partial charge in [0, 0.05) is 5.92 Å². The molecule has 0 saturated heterocycles. The maximum atomic E-state index is 8.84. The Bertz CT molecular complexity index is 547. The van der Waals surface area contributed by atoms with Crippen LogP contribution in [0, 0.1) is 18.3 Å². The molecular weight excluding hydrogens is 190 g/mol. The first-order valence-corrected chi connectivity index (χ1v) is 4.76. The van der Waals surface area contributed by atoms with Crippen LogP contribution in [0.5, 0.6) is 0 Å². The van der Waals surface area contributed by atoms with Gasteiger partial charge in [0.1, 0.15) is 6.07 Å². The van der Waals surface area contributed by atoms with Crippen molar-refractivity contribution in [1.29, 1.82) is 5.26 Å². The molecule has 2 rings (SSSR count). The molecular formula is C10H11N5. The molecule has 2 aromatic heterocycles. The number of rotatable bonds is 1. The molecule has 5 nitrogen and oxygen atoms in total. The Morgan fingerprint density at radius 3 is 2.80 bits per heavy atom. The van der Waals surface area contributed by atoms with Crippen LogP contribution in [0.4, 0.5) is 0 Å². The smallest absolute Gasteiger partial charge is 0.218 e. The predicted molar refractivity (Wildman–Crippen MR) is 54.3 cm³/mol. The largest absolute Gasteiger partial charge is 0.252 e. The van der Waals surface area contributed by atoms with Crippen LogP contribution >= 0.6 is 0 Å². The van der Waals surface area contributed by atoms with Crippen molar-refractivity contribution in [2.45, 2.75) is 26.7 Å². The highest BCUT2D eigenvalue weighted by molar-refractivity contribution is 5.38. The van der Waals surface area contributed by atoms with Gasteiger partial charge in [0.05, 0.1) is 17.5 Å². The van der Waals surface area contributed by atoms with Crippen molar-refractivity contribution in [3.63, 3.8) is 0 Å². The van der Waals surface area contributed by atoms with Crippen molar-refractivity contribution < 1.29 is 0 Å². The summed E-state index contributed by atoms with van der Waals surface area (Å²) >= 11 is 0. The fourth-order valence-corrected chi connectivity index (χ4v) is 1.31. The zero-order chi connectivity index (χ0) is 11.0. The number of nitriles is 1. The van der Waals surface area contributed by atoms with Gasteiger partial charge < -0.3 is 0 Å². The van der Waals surface area contributed by atoms with Crippen molar-refractivity contribution in [2.24, 2.45) is 0 Å². The number of aromatic nitrogens is 4. The number of nitrogens with zero attached hydrogens (tertiary/aromatic N) is 5. The standard InChI is InChI=1S/C10H11N5/c1-6(2)9-13-10-12-5-8(4-11)7(3)15(10)14-9/h5-6H,1-3H3. The fourth-order valence-electron chi connectivity index (χ4n) is 1.31. The first-order valence-electron chi connectivity index (χ1n) is 4.76. The summed E-state index contributed by atoms with van der Waals surface area (Å²) in [6.45, 7) is 5.89. The zero-order valence-corrected chi connectivity index (χ0v) is 8.89. The highest BCUT2D eigenvalue weighted by Gasteiger charge is 2.11. The van der Waals surface area contributed by atoms with Gasteiger partial charge in [-0.2, -0.15) is 10.2 Å². The summed E-state index contributed by atoms with van der Waals surface area (Å²) in [7, 11) is 0. The van der Waals surface area contributed by atoms with Crippen molar-refractivity contribution >= 4 is 5.78 Å². The van der Waals surface area contributed by atoms with Crippen LogP contribution in [-0.4, -0.2) is 19.6 Å². The van der Waals surface area contributed by atoms with E-state index < -0.39 is 0 Å². The van der Waals surface area contributed by atoms with Crippen LogP contribution in [-0.2, 0) is 0 Å². The van der Waals surface area contributed by atoms with E-state index in [-0.39, 0.29) is 5.92 Å². The molecule has 0 spiro atoms. The summed E-state index contributed by atoms with van der Waals surface area (Å²) in [5, 5.41) is 13.2. The van der Waals surface area contributed by atoms with Gasteiger partial charge in [0.25, 0.3) is 5.78 Å². The van der Waals surface area contributed by atoms with Crippen molar-refractivity contribution in [2.75, 3.05) is 0 Å². The topological polar surface area (TPSA) is 66.9 Å². The fraction of sp³-hybridized carbons (Fsp3) is 0.400. The third kappa shape index (κ3) is 1.44. The molecule has 0 amide bonds. The molecule has 5 heteroatoms. The molecule has 0 radical (unpaired) electrons. The van der Waals surface area contributed by atoms with Crippen molar-refractivity contribution in [3.8, 4) is 6.07 Å². The molecule has 0 aliphatic carbocycles. The lowest BCUT2D eigenvalue weighted by molar-refractivity contribution is 0.757. The molecule has 2 heterocycles. The molecule has 76 valence electrons. The Morgan fingerprint density at radius 2 is 2.20 bits per heavy atom. The molecule has 0 aromatic carbocycles. The summed E-state index contributed by atoms with van der Waals surface area (Å²) in [6, 6.07) is 2.07. The molecule has 0 aliphatic rings. The van der Waals surface area contributed by atoms with Crippen LogP contribution < -0.4 is 0 Å². The monoisotopic (exact) mass is 201 g/mol. The highest BCUT2D eigenvalue weighted by atomic mass is 15.3. The second-order valence-corrected chi connectivity index (χ2v) is 3.71. The van der Waals surface area contributed by atoms with Gasteiger partial charge in [0.2, 0.25) is 0 Å². The van der Waals surface area contributed by atoms with E-state index in [4.69, 9.17) is 5.26 Å². The molecule has 0 N–H and O–H groups in total. The third-order valence-corrected chi connectivity index (χ3v) is 2.26. The normalized spacial score (nSPS) is 10.9. The minimum Gasteiger partial charge on any atom is -0.218 e. The first-order chi connectivity index (χ1) is 7.13. The lowest BCUT2D eigenvalue weighted by atomic mass is 10.2. The summed E-state index contributed by atoms with van der Waals surface area (Å²) in [5.74, 6) is 1.56. The van der Waals surface area contributed by atoms with E-state index in [2.05, 4.69) is 21.1 Å². The maximum absolute atomic E-state index is 8.84. The molecule has 0 unspecified atom stereocenters. The zero-order valence-electron chi connectivity index (χ0n) is 8.89. The molecule has 15 heavy (non-hydrogen) atoms. The molecule has 0 fully saturated rings. The number of aryl methyl sites for hydroxylation is 1. The van der Waals surface area contributed by atoms with Gasteiger partial charge in [0.15, 0.2) is 5.82 Å². The minimum atomic E-state index is 0.261. The SMILES string of the molecule is Cc1c(C#N)cnc2nc(C(C)C)nn12. The second-order valence-electron chi connectivity index (χ2n) is 3.71. The molecule has 0 aliphatic heterocycles. The molecule has 0 atom stereocenters. The van der Waals surface area contributed by atoms with Gasteiger partial charge >= 0.3 is 0 Å². The Labute approximate surface area is 87.4 Å². The Balaban J connectivity index is 2.72. The third-order valence-electron chi connectivity index (χ3n) is 2.26. The summed E-state index contributed by atoms with van der Waals surface area (Å²) < 4.78 is 1.62. The first kappa shape index (κ1) is 9.59. The van der Waals surface area contributed by atoms with E-state index in [9.17, 15) is 0 Å². The lowest BCUT2D eigenvalue weighted by Crippen LogP contribution is -1.99. The van der Waals surface area contributed by atoms with E-state index in [0.717, 1.165) is 11.5 Å². The van der Waals surface area contributed by atoms with Crippen LogP contribution in [0.2, 0.25) is 0 Å². The van der Waals surface area contributed by atoms with Crippen molar-refractivity contribution in [1.82, 2.24) is 19.6 Å². The Kier molecular flexibility index (Phi) is 2.12. The summed E-state index contributed by atoms with van der Waals surface area (Å²) in [4.78, 5) is 8.36. The van der Waals surface area contributed by atoms with Crippen LogP contribution in [0.1, 0.15) is 36.8 Å². The summed E-state index contributed by atoms with van der Waals surface area (Å²) in [5.41, 5.74) is 1.31. The average Bonchev–Trinajstić information content (AvgIpc) is 2.63. The van der Waals surface area contributed by atoms with Crippen molar-refractivity contribution in [3.05, 3.63) is 23.3 Å². The van der Waals surface area contributed by atoms with E-state index in [1.165, 1.54) is 6.20 Å². The van der Waals surface area contributed by atoms with Gasteiger partial charge in [-0.1, -0.05) is 13.8 Å². The van der Waals surface area contributed by atoms with E-state index in [1.54, 1.807) is 4.52 Å². The van der Waals surface area contributed by atoms with Crippen LogP contribution in [0.3, 0.4) is 0 Å². The predicted octanol–water partition coefficient (Wildman–Crippen LogP) is 1.43. The molecule has 0 bridgehead atoms. The molecule has 2 aromatic rings. The second kappa shape index (κ2) is 3.31. The number of hydrogen-bond acceptors (Lipinski definition) is 4. The maximum Gasteiger partial charge on any atom is 0.252 e. The Hall–Kier alpha value is -1.96. The van der Waals surface area contributed by atoms with Gasteiger partial charge in [-0.05, 0) is 6.92 Å². The molecule has 0 saturated carbocycles. The average molecular weight is 201 g/mol. The highest BCUT2D eigenvalue weighted by Crippen LogP contribution is 2.12. The number of fused-ring (bicyclic) bond motifs is 1. The van der Waals surface area contributed by atoms with E-state index in [1.807, 2.05) is 20.8 Å². The minimum absolute atomic E-state index is 0.261. The Morgan fingerprint density at radius 1 is 1.47 bits per heavy atom. The van der Waals surface area contributed by atoms with E-state index >= 15 is 0 Å². The van der Waals surface area contributed by atoms with E-state index in [0.29, 0.717) is 11.3 Å². The van der Waals surface area contributed by atoms with Gasteiger partial charge in [-0.3, -0.25) is 0 Å². The van der Waals surface area contributed by atoms with Crippen LogP contribution in [0.15, 0.2) is 6.20 Å². The number of hydrogen-bond donors (Lipinski definition) is 0. The van der Waals surface area contributed by atoms with Gasteiger partial charge in [-0.25, -0.2) is 9.50 Å².